The molecule has 3 saturated heterocycles. The van der Waals surface area contributed by atoms with E-state index in [1.54, 1.807) is 49.3 Å². The van der Waals surface area contributed by atoms with Crippen LogP contribution in [0.1, 0.15) is 31.0 Å². The van der Waals surface area contributed by atoms with E-state index in [1.807, 2.05) is 0 Å². The first-order chi connectivity index (χ1) is 19.2. The van der Waals surface area contributed by atoms with Crippen LogP contribution in [0.5, 0.6) is 0 Å². The van der Waals surface area contributed by atoms with E-state index in [0.717, 1.165) is 5.56 Å². The van der Waals surface area contributed by atoms with Crippen LogP contribution in [0.3, 0.4) is 0 Å². The van der Waals surface area contributed by atoms with Gasteiger partial charge in [0.25, 0.3) is 0 Å². The molecule has 3 fully saturated rings. The zero-order valence-corrected chi connectivity index (χ0v) is 21.3. The summed E-state index contributed by atoms with van der Waals surface area (Å²) in [5.74, 6) is -2.29. The van der Waals surface area contributed by atoms with Crippen LogP contribution in [0, 0.1) is 11.2 Å². The Morgan fingerprint density at radius 3 is 2.55 bits per heavy atom. The molecular weight excluding hydrogens is 527 g/mol. The van der Waals surface area contributed by atoms with Crippen LogP contribution in [-0.4, -0.2) is 65.5 Å². The van der Waals surface area contributed by atoms with Gasteiger partial charge in [-0.1, -0.05) is 5.16 Å². The van der Waals surface area contributed by atoms with Crippen molar-refractivity contribution in [1.82, 2.24) is 20.8 Å². The largest absolute Gasteiger partial charge is 0.447 e. The lowest BCUT2D eigenvalue weighted by atomic mass is 9.66. The Morgan fingerprint density at radius 2 is 1.82 bits per heavy atom. The molecule has 2 N–H and O–H groups in total. The highest BCUT2D eigenvalue weighted by Crippen LogP contribution is 2.50. The topological polar surface area (TPSA) is 156 Å². The monoisotopic (exact) mass is 550 g/mol. The number of fused-ring (bicyclic) bond motifs is 5. The molecule has 0 saturated carbocycles. The first kappa shape index (κ1) is 24.5. The third-order valence-electron chi connectivity index (χ3n) is 8.14. The summed E-state index contributed by atoms with van der Waals surface area (Å²) in [7, 11) is 0. The number of aromatic nitrogens is 2. The molecule has 3 aromatic rings. The van der Waals surface area contributed by atoms with E-state index in [4.69, 9.17) is 14.0 Å². The fourth-order valence-electron chi connectivity index (χ4n) is 6.60. The van der Waals surface area contributed by atoms with Crippen molar-refractivity contribution in [2.75, 3.05) is 23.0 Å². The van der Waals surface area contributed by atoms with Gasteiger partial charge < -0.3 is 18.9 Å². The number of benzene rings is 1. The van der Waals surface area contributed by atoms with Gasteiger partial charge in [-0.2, -0.15) is 0 Å². The molecule has 5 amide bonds. The number of nitrogens with one attached hydrogen (secondary N) is 2. The van der Waals surface area contributed by atoms with Gasteiger partial charge in [-0.15, -0.1) is 0 Å². The lowest BCUT2D eigenvalue weighted by Crippen LogP contribution is -2.75. The zero-order chi connectivity index (χ0) is 27.9. The van der Waals surface area contributed by atoms with Crippen LogP contribution in [0.25, 0.3) is 11.0 Å². The molecule has 0 bridgehead atoms. The minimum Gasteiger partial charge on any atom is -0.447 e. The second-order valence-electron chi connectivity index (χ2n) is 10.5. The number of imide groups is 2. The maximum absolute atomic E-state index is 16.4. The normalized spacial score (nSPS) is 27.4. The fourth-order valence-corrected chi connectivity index (χ4v) is 6.60. The smallest absolute Gasteiger partial charge is 0.416 e. The Morgan fingerprint density at radius 1 is 1.10 bits per heavy atom. The van der Waals surface area contributed by atoms with Gasteiger partial charge >= 0.3 is 12.1 Å². The zero-order valence-electron chi connectivity index (χ0n) is 21.3. The van der Waals surface area contributed by atoms with Crippen molar-refractivity contribution in [2.24, 2.45) is 5.41 Å². The first-order valence-corrected chi connectivity index (χ1v) is 12.8. The molecule has 2 aromatic heterocycles. The third kappa shape index (κ3) is 3.22. The van der Waals surface area contributed by atoms with Gasteiger partial charge in [-0.25, -0.2) is 18.9 Å². The molecule has 40 heavy (non-hydrogen) atoms. The van der Waals surface area contributed by atoms with Gasteiger partial charge in [0.15, 0.2) is 17.1 Å². The minimum absolute atomic E-state index is 0.0351. The third-order valence-corrected chi connectivity index (χ3v) is 8.14. The molecule has 6 heterocycles. The predicted molar refractivity (Wildman–Crippen MR) is 134 cm³/mol. The average Bonchev–Trinajstić information content (AvgIpc) is 3.50. The highest BCUT2D eigenvalue weighted by atomic mass is 19.1. The maximum Gasteiger partial charge on any atom is 0.416 e. The fraction of sp³-hybridized carbons (Fsp3) is 0.385. The number of urea groups is 1. The summed E-state index contributed by atoms with van der Waals surface area (Å²) >= 11 is 0. The van der Waals surface area contributed by atoms with E-state index in [-0.39, 0.29) is 48.2 Å². The maximum atomic E-state index is 16.4. The molecule has 0 aliphatic carbocycles. The number of carbonyl (C=O) groups excluding carboxylic acids is 4. The molecule has 7 rings (SSSR count). The quantitative estimate of drug-likeness (QED) is 0.452. The summed E-state index contributed by atoms with van der Waals surface area (Å²) in [6, 6.07) is 2.64. The van der Waals surface area contributed by atoms with Crippen LogP contribution < -0.4 is 20.4 Å². The Labute approximate surface area is 225 Å². The van der Waals surface area contributed by atoms with Crippen LogP contribution in [0.4, 0.5) is 25.5 Å². The lowest BCUT2D eigenvalue weighted by molar-refractivity contribution is -0.153. The van der Waals surface area contributed by atoms with Gasteiger partial charge in [0, 0.05) is 25.4 Å². The molecule has 4 atom stereocenters. The summed E-state index contributed by atoms with van der Waals surface area (Å²) in [4.78, 5) is 58.6. The van der Waals surface area contributed by atoms with Crippen molar-refractivity contribution in [3.05, 3.63) is 47.5 Å². The van der Waals surface area contributed by atoms with Gasteiger partial charge in [0.1, 0.15) is 12.6 Å². The van der Waals surface area contributed by atoms with Crippen molar-refractivity contribution < 1.29 is 37.6 Å². The number of cyclic esters (lactones) is 1. The number of hydrogen-bond acceptors (Lipinski definition) is 10. The SMILES string of the molecule is C[C@@H]1CN2c3c(cc4c(N5C(=O)OC[C@H]5c5ccncc5)noc4c3F)CC3(C(=O)NC(=O)NC3=O)C2[C@H](C)O1. The number of pyridine rings is 1. The van der Waals surface area contributed by atoms with Crippen LogP contribution in [-0.2, 0) is 25.5 Å². The van der Waals surface area contributed by atoms with E-state index in [1.165, 1.54) is 4.90 Å². The Bertz CT molecular complexity index is 1590. The predicted octanol–water partition coefficient (Wildman–Crippen LogP) is 1.95. The van der Waals surface area contributed by atoms with E-state index < -0.39 is 53.4 Å². The number of hydrogen-bond donors (Lipinski definition) is 2. The standard InChI is InChI=1S/C26H23FN6O7/c1-11-9-32-18-14(8-26(20(32)12(2)39-11)22(34)29-24(36)30-23(26)35)7-15-19(17(18)27)40-31-21(15)33-16(10-38-25(33)37)13-3-5-28-6-4-13/h3-7,11-12,16,20H,8-10H2,1-2H3,(H2,29,30,34,35,36)/t11-,12+,16+,20?/m1/s1. The molecular formula is C26H23FN6O7. The molecule has 4 aliphatic rings. The van der Waals surface area contributed by atoms with E-state index in [0.29, 0.717) is 5.56 Å². The van der Waals surface area contributed by atoms with E-state index in [2.05, 4.69) is 20.8 Å². The second kappa shape index (κ2) is 8.45. The molecule has 1 unspecified atom stereocenters. The number of nitrogens with zero attached hydrogens (tertiary/aromatic N) is 4. The number of carbonyl (C=O) groups is 4. The van der Waals surface area contributed by atoms with Crippen LogP contribution in [0.15, 0.2) is 35.1 Å². The van der Waals surface area contributed by atoms with Gasteiger partial charge in [-0.3, -0.25) is 25.2 Å². The number of anilines is 2. The van der Waals surface area contributed by atoms with E-state index >= 15 is 4.39 Å². The first-order valence-electron chi connectivity index (χ1n) is 12.8. The van der Waals surface area contributed by atoms with Crippen LogP contribution >= 0.6 is 0 Å². The number of morpholine rings is 1. The molecule has 0 radical (unpaired) electrons. The summed E-state index contributed by atoms with van der Waals surface area (Å²) in [5.41, 5.74) is -0.770. The van der Waals surface area contributed by atoms with Crippen molar-refractivity contribution in [3.8, 4) is 0 Å². The van der Waals surface area contributed by atoms with Gasteiger partial charge in [0.2, 0.25) is 17.4 Å². The molecule has 14 heteroatoms. The Balaban J connectivity index is 1.42. The molecule has 206 valence electrons. The Hall–Kier alpha value is -4.59. The summed E-state index contributed by atoms with van der Waals surface area (Å²) < 4.78 is 33.1. The minimum atomic E-state index is -1.79. The summed E-state index contributed by atoms with van der Waals surface area (Å²) in [5, 5.41) is 8.65. The Kier molecular flexibility index (Phi) is 5.17. The number of ether oxygens (including phenoxy) is 2. The molecule has 4 aliphatic heterocycles. The van der Waals surface area contributed by atoms with Crippen molar-refractivity contribution >= 4 is 46.4 Å². The second-order valence-corrected chi connectivity index (χ2v) is 10.5. The molecule has 1 spiro atoms. The van der Waals surface area contributed by atoms with Gasteiger partial charge in [0.05, 0.1) is 29.3 Å². The van der Waals surface area contributed by atoms with Crippen molar-refractivity contribution in [1.29, 1.82) is 0 Å². The number of rotatable bonds is 2. The molecule has 13 nitrogen and oxygen atoms in total. The average molecular weight is 551 g/mol. The van der Waals surface area contributed by atoms with Crippen LogP contribution in [0.2, 0.25) is 0 Å². The van der Waals surface area contributed by atoms with Crippen molar-refractivity contribution in [2.45, 2.75) is 44.6 Å². The van der Waals surface area contributed by atoms with Crippen molar-refractivity contribution in [3.63, 3.8) is 0 Å². The lowest BCUT2D eigenvalue weighted by Gasteiger charge is -2.55. The summed E-state index contributed by atoms with van der Waals surface area (Å²) in [6.07, 6.45) is 1.23. The highest BCUT2D eigenvalue weighted by Gasteiger charge is 2.63. The van der Waals surface area contributed by atoms with Gasteiger partial charge in [-0.05, 0) is 43.2 Å². The van der Waals surface area contributed by atoms with E-state index in [9.17, 15) is 19.2 Å². The molecule has 1 aromatic carbocycles. The number of halogens is 1. The number of barbiturate groups is 1. The highest BCUT2D eigenvalue weighted by molar-refractivity contribution is 6.20. The summed E-state index contributed by atoms with van der Waals surface area (Å²) in [6.45, 7) is 3.72. The number of amides is 5.